The van der Waals surface area contributed by atoms with Crippen LogP contribution < -0.4 is 10.6 Å². The van der Waals surface area contributed by atoms with Crippen LogP contribution in [0.5, 0.6) is 0 Å². The molecule has 0 radical (unpaired) electrons. The quantitative estimate of drug-likeness (QED) is 0.294. The molecule has 0 amide bonds. The number of guanidine groups is 1. The van der Waals surface area contributed by atoms with Crippen LogP contribution in [0.15, 0.2) is 23.2 Å². The van der Waals surface area contributed by atoms with Crippen molar-refractivity contribution in [2.75, 3.05) is 32.9 Å². The summed E-state index contributed by atoms with van der Waals surface area (Å²) in [6.45, 7) is 7.82. The van der Waals surface area contributed by atoms with Crippen molar-refractivity contribution in [2.45, 2.75) is 51.4 Å². The first-order chi connectivity index (χ1) is 13.7. The average Bonchev–Trinajstić information content (AvgIpc) is 2.63. The van der Waals surface area contributed by atoms with E-state index in [1.807, 2.05) is 0 Å². The van der Waals surface area contributed by atoms with Crippen LogP contribution in [0.3, 0.4) is 0 Å². The number of hydrogen-bond acceptors (Lipinski definition) is 4. The van der Waals surface area contributed by atoms with E-state index in [-0.39, 0.29) is 35.5 Å². The molecule has 1 fully saturated rings. The highest BCUT2D eigenvalue weighted by Gasteiger charge is 2.23. The van der Waals surface area contributed by atoms with Crippen LogP contribution in [0.4, 0.5) is 4.39 Å². The van der Waals surface area contributed by atoms with Crippen LogP contribution in [-0.2, 0) is 22.1 Å². The Balaban J connectivity index is 0.00000450. The third kappa shape index (κ3) is 9.47. The number of rotatable bonds is 8. The van der Waals surface area contributed by atoms with Crippen molar-refractivity contribution in [3.05, 3.63) is 35.1 Å². The van der Waals surface area contributed by atoms with Crippen LogP contribution >= 0.6 is 24.0 Å². The summed E-state index contributed by atoms with van der Waals surface area (Å²) < 4.78 is 37.0. The number of nitrogens with one attached hydrogen (secondary N) is 2. The van der Waals surface area contributed by atoms with Crippen molar-refractivity contribution < 1.29 is 12.8 Å². The number of hydrogen-bond donors (Lipinski definition) is 2. The Bertz CT molecular complexity index is 802. The summed E-state index contributed by atoms with van der Waals surface area (Å²) in [6, 6.07) is 4.69. The van der Waals surface area contributed by atoms with E-state index in [0.29, 0.717) is 35.6 Å². The van der Waals surface area contributed by atoms with Crippen molar-refractivity contribution in [1.29, 1.82) is 0 Å². The minimum absolute atomic E-state index is 0. The maximum Gasteiger partial charge on any atom is 0.191 e. The molecule has 0 bridgehead atoms. The zero-order valence-electron chi connectivity index (χ0n) is 18.4. The second kappa shape index (κ2) is 12.8. The molecular formula is C21H36FIN4O2S. The lowest BCUT2D eigenvalue weighted by molar-refractivity contribution is 0.133. The van der Waals surface area contributed by atoms with Crippen LogP contribution in [-0.4, -0.2) is 58.3 Å². The maximum absolute atomic E-state index is 13.7. The molecule has 6 nitrogen and oxygen atoms in total. The summed E-state index contributed by atoms with van der Waals surface area (Å²) in [5.74, 6) is 0.778. The van der Waals surface area contributed by atoms with Gasteiger partial charge in [0.15, 0.2) is 15.8 Å². The standard InChI is InChI=1S/C21H35FN4O2S.HI/c1-16(2)14-26-10-6-5-7-20(26)13-25-21(23-3)24-12-18-11-19(22)9-8-17(18)15-29(4,27)28;/h8-9,11,16,20H,5-7,10,12-15H2,1-4H3,(H2,23,24,25);1H. The smallest absolute Gasteiger partial charge is 0.191 e. The van der Waals surface area contributed by atoms with Gasteiger partial charge in [-0.3, -0.25) is 9.89 Å². The number of halogens is 2. The number of piperidine rings is 1. The molecule has 0 saturated carbocycles. The molecular weight excluding hydrogens is 518 g/mol. The van der Waals surface area contributed by atoms with E-state index in [9.17, 15) is 12.8 Å². The lowest BCUT2D eigenvalue weighted by Crippen LogP contribution is -2.49. The molecule has 2 N–H and O–H groups in total. The van der Waals surface area contributed by atoms with Gasteiger partial charge in [0.05, 0.1) is 5.75 Å². The lowest BCUT2D eigenvalue weighted by Gasteiger charge is -2.37. The van der Waals surface area contributed by atoms with Crippen LogP contribution in [0, 0.1) is 11.7 Å². The van der Waals surface area contributed by atoms with E-state index in [4.69, 9.17) is 0 Å². The zero-order valence-corrected chi connectivity index (χ0v) is 21.6. The molecule has 2 rings (SSSR count). The van der Waals surface area contributed by atoms with Crippen molar-refractivity contribution >= 4 is 39.8 Å². The molecule has 0 spiro atoms. The molecule has 0 aliphatic carbocycles. The molecule has 1 unspecified atom stereocenters. The minimum Gasteiger partial charge on any atom is -0.355 e. The van der Waals surface area contributed by atoms with Crippen LogP contribution in [0.1, 0.15) is 44.2 Å². The first-order valence-corrected chi connectivity index (χ1v) is 12.4. The van der Waals surface area contributed by atoms with E-state index in [1.165, 1.54) is 43.7 Å². The Hall–Kier alpha value is -0.940. The summed E-state index contributed by atoms with van der Waals surface area (Å²) in [5.41, 5.74) is 1.23. The van der Waals surface area contributed by atoms with Crippen molar-refractivity contribution in [3.63, 3.8) is 0 Å². The predicted molar refractivity (Wildman–Crippen MR) is 133 cm³/mol. The summed E-state index contributed by atoms with van der Waals surface area (Å²) in [4.78, 5) is 6.81. The maximum atomic E-state index is 13.7. The van der Waals surface area contributed by atoms with E-state index in [0.717, 1.165) is 19.6 Å². The highest BCUT2D eigenvalue weighted by Crippen LogP contribution is 2.18. The Labute approximate surface area is 198 Å². The Kier molecular flexibility index (Phi) is 11.6. The number of likely N-dealkylation sites (tertiary alicyclic amines) is 1. The first-order valence-electron chi connectivity index (χ1n) is 10.3. The van der Waals surface area contributed by atoms with E-state index in [2.05, 4.69) is 34.4 Å². The fraction of sp³-hybridized carbons (Fsp3) is 0.667. The minimum atomic E-state index is -3.20. The molecule has 1 aliphatic rings. The van der Waals surface area contributed by atoms with Gasteiger partial charge in [-0.15, -0.1) is 24.0 Å². The van der Waals surface area contributed by atoms with Gasteiger partial charge in [-0.05, 0) is 48.6 Å². The summed E-state index contributed by atoms with van der Waals surface area (Å²) in [7, 11) is -1.50. The van der Waals surface area contributed by atoms with Gasteiger partial charge < -0.3 is 10.6 Å². The lowest BCUT2D eigenvalue weighted by atomic mass is 10.0. The largest absolute Gasteiger partial charge is 0.355 e. The molecule has 30 heavy (non-hydrogen) atoms. The number of benzene rings is 1. The van der Waals surface area contributed by atoms with Crippen LogP contribution in [0.2, 0.25) is 0 Å². The van der Waals surface area contributed by atoms with Gasteiger partial charge in [0.2, 0.25) is 0 Å². The predicted octanol–water partition coefficient (Wildman–Crippen LogP) is 3.16. The average molecular weight is 555 g/mol. The second-order valence-corrected chi connectivity index (χ2v) is 10.5. The van der Waals surface area contributed by atoms with Gasteiger partial charge in [-0.25, -0.2) is 12.8 Å². The van der Waals surface area contributed by atoms with E-state index >= 15 is 0 Å². The normalized spacial score (nSPS) is 18.2. The fourth-order valence-electron chi connectivity index (χ4n) is 3.80. The Morgan fingerprint density at radius 2 is 2.00 bits per heavy atom. The van der Waals surface area contributed by atoms with Crippen molar-refractivity contribution in [3.8, 4) is 0 Å². The van der Waals surface area contributed by atoms with Crippen LogP contribution in [0.25, 0.3) is 0 Å². The molecule has 172 valence electrons. The Morgan fingerprint density at radius 3 is 2.63 bits per heavy atom. The van der Waals surface area contributed by atoms with Gasteiger partial charge in [-0.2, -0.15) is 0 Å². The molecule has 1 aromatic carbocycles. The molecule has 0 aromatic heterocycles. The van der Waals surface area contributed by atoms with Gasteiger partial charge >= 0.3 is 0 Å². The summed E-state index contributed by atoms with van der Waals surface area (Å²) in [6.07, 6.45) is 4.84. The third-order valence-electron chi connectivity index (χ3n) is 5.11. The molecule has 1 saturated heterocycles. The third-order valence-corrected chi connectivity index (χ3v) is 5.95. The summed E-state index contributed by atoms with van der Waals surface area (Å²) in [5, 5.41) is 6.57. The van der Waals surface area contributed by atoms with Crippen molar-refractivity contribution in [2.24, 2.45) is 10.9 Å². The highest BCUT2D eigenvalue weighted by molar-refractivity contribution is 14.0. The highest BCUT2D eigenvalue weighted by atomic mass is 127. The number of nitrogens with zero attached hydrogens (tertiary/aromatic N) is 2. The summed E-state index contributed by atoms with van der Waals surface area (Å²) >= 11 is 0. The van der Waals surface area contributed by atoms with Gasteiger partial charge in [0, 0.05) is 39.0 Å². The van der Waals surface area contributed by atoms with Gasteiger partial charge in [0.1, 0.15) is 5.82 Å². The number of sulfone groups is 1. The van der Waals surface area contributed by atoms with E-state index < -0.39 is 9.84 Å². The topological polar surface area (TPSA) is 73.8 Å². The first kappa shape index (κ1) is 27.1. The van der Waals surface area contributed by atoms with Gasteiger partial charge in [-0.1, -0.05) is 26.3 Å². The number of aliphatic imine (C=N–C) groups is 1. The molecule has 1 aliphatic heterocycles. The zero-order chi connectivity index (χ0) is 21.4. The van der Waals surface area contributed by atoms with E-state index in [1.54, 1.807) is 7.05 Å². The second-order valence-electron chi connectivity index (χ2n) is 8.33. The van der Waals surface area contributed by atoms with Crippen molar-refractivity contribution in [1.82, 2.24) is 15.5 Å². The molecule has 9 heteroatoms. The molecule has 1 heterocycles. The molecule has 1 aromatic rings. The monoisotopic (exact) mass is 554 g/mol. The fourth-order valence-corrected chi connectivity index (χ4v) is 4.64. The molecule has 1 atom stereocenters. The van der Waals surface area contributed by atoms with Gasteiger partial charge in [0.25, 0.3) is 0 Å². The Morgan fingerprint density at radius 1 is 1.27 bits per heavy atom. The SMILES string of the molecule is CN=C(NCc1cc(F)ccc1CS(C)(=O)=O)NCC1CCCCN1CC(C)C.I.